The number of hydrogen-bond donors (Lipinski definition) is 0. The summed E-state index contributed by atoms with van der Waals surface area (Å²) in [6.45, 7) is 7.29. The molecule has 124 valence electrons. The van der Waals surface area contributed by atoms with Crippen molar-refractivity contribution in [3.05, 3.63) is 48.0 Å². The van der Waals surface area contributed by atoms with Crippen LogP contribution in [0.3, 0.4) is 0 Å². The molecule has 2 aromatic carbocycles. The van der Waals surface area contributed by atoms with Crippen LogP contribution in [0, 0.1) is 11.8 Å². The lowest BCUT2D eigenvalue weighted by Crippen LogP contribution is -2.11. The molecule has 2 nitrogen and oxygen atoms in total. The summed E-state index contributed by atoms with van der Waals surface area (Å²) in [5.41, 5.74) is 0.662. The predicted molar refractivity (Wildman–Crippen MR) is 96.7 cm³/mol. The summed E-state index contributed by atoms with van der Waals surface area (Å²) in [5.74, 6) is 1.14. The van der Waals surface area contributed by atoms with Gasteiger partial charge in [0.05, 0.1) is 12.2 Å². The zero-order valence-electron chi connectivity index (χ0n) is 14.5. The quantitative estimate of drug-likeness (QED) is 0.572. The second-order valence-electron chi connectivity index (χ2n) is 6.69. The Hall–Kier alpha value is -1.83. The van der Waals surface area contributed by atoms with Gasteiger partial charge in [0, 0.05) is 0 Å². The molecular weight excluding hydrogens is 284 g/mol. The van der Waals surface area contributed by atoms with Crippen LogP contribution in [0.2, 0.25) is 0 Å². The van der Waals surface area contributed by atoms with Gasteiger partial charge in [-0.05, 0) is 41.5 Å². The Bertz CT molecular complexity index is 627. The molecule has 0 amide bonds. The average Bonchev–Trinajstić information content (AvgIpc) is 2.54. The van der Waals surface area contributed by atoms with Gasteiger partial charge >= 0.3 is 5.97 Å². The van der Waals surface area contributed by atoms with E-state index in [-0.39, 0.29) is 5.97 Å². The highest BCUT2D eigenvalue weighted by Crippen LogP contribution is 2.21. The molecule has 0 aromatic heterocycles. The van der Waals surface area contributed by atoms with E-state index >= 15 is 0 Å². The van der Waals surface area contributed by atoms with E-state index in [9.17, 15) is 4.79 Å². The number of hydrogen-bond acceptors (Lipinski definition) is 2. The number of fused-ring (bicyclic) bond motifs is 1. The van der Waals surface area contributed by atoms with Crippen LogP contribution >= 0.6 is 0 Å². The van der Waals surface area contributed by atoms with Crippen LogP contribution < -0.4 is 0 Å². The number of carbonyl (C=O) groups is 1. The SMILES string of the molecule is CCCC(C)CC(C)CCOC(=O)c1cccc2ccccc12. The maximum Gasteiger partial charge on any atom is 0.338 e. The van der Waals surface area contributed by atoms with Gasteiger partial charge in [0.15, 0.2) is 0 Å². The van der Waals surface area contributed by atoms with E-state index < -0.39 is 0 Å². The molecule has 0 aliphatic carbocycles. The first kappa shape index (κ1) is 17.5. The number of esters is 1. The van der Waals surface area contributed by atoms with Gasteiger partial charge in [-0.15, -0.1) is 0 Å². The number of benzene rings is 2. The van der Waals surface area contributed by atoms with E-state index in [1.165, 1.54) is 19.3 Å². The fraction of sp³-hybridized carbons (Fsp3) is 0.476. The molecule has 0 fully saturated rings. The molecule has 2 atom stereocenters. The summed E-state index contributed by atoms with van der Waals surface area (Å²) < 4.78 is 5.51. The van der Waals surface area contributed by atoms with Crippen molar-refractivity contribution in [1.29, 1.82) is 0 Å². The third-order valence-electron chi connectivity index (χ3n) is 4.44. The molecule has 0 spiro atoms. The fourth-order valence-corrected chi connectivity index (χ4v) is 3.25. The monoisotopic (exact) mass is 312 g/mol. The minimum atomic E-state index is -0.212. The molecular formula is C21H28O2. The van der Waals surface area contributed by atoms with Crippen LogP contribution in [0.4, 0.5) is 0 Å². The zero-order valence-corrected chi connectivity index (χ0v) is 14.5. The fourth-order valence-electron chi connectivity index (χ4n) is 3.25. The van der Waals surface area contributed by atoms with Gasteiger partial charge < -0.3 is 4.74 Å². The first-order valence-electron chi connectivity index (χ1n) is 8.76. The Balaban J connectivity index is 1.87. The minimum Gasteiger partial charge on any atom is -0.462 e. The Kier molecular flexibility index (Phi) is 6.64. The molecule has 0 heterocycles. The molecule has 2 unspecified atom stereocenters. The van der Waals surface area contributed by atoms with Gasteiger partial charge in [0.2, 0.25) is 0 Å². The van der Waals surface area contributed by atoms with Crippen LogP contribution in [0.25, 0.3) is 10.8 Å². The van der Waals surface area contributed by atoms with Crippen molar-refractivity contribution in [3.63, 3.8) is 0 Å². The van der Waals surface area contributed by atoms with Crippen LogP contribution in [-0.2, 0) is 4.74 Å². The molecule has 0 saturated heterocycles. The average molecular weight is 312 g/mol. The third kappa shape index (κ3) is 5.09. The Morgan fingerprint density at radius 3 is 2.48 bits per heavy atom. The largest absolute Gasteiger partial charge is 0.462 e. The van der Waals surface area contributed by atoms with E-state index in [0.717, 1.165) is 23.1 Å². The van der Waals surface area contributed by atoms with Crippen molar-refractivity contribution in [2.45, 2.75) is 46.5 Å². The van der Waals surface area contributed by atoms with E-state index in [4.69, 9.17) is 4.74 Å². The van der Waals surface area contributed by atoms with Crippen molar-refractivity contribution >= 4 is 16.7 Å². The topological polar surface area (TPSA) is 26.3 Å². The van der Waals surface area contributed by atoms with Gasteiger partial charge in [-0.1, -0.05) is 70.0 Å². The van der Waals surface area contributed by atoms with E-state index in [0.29, 0.717) is 18.1 Å². The highest BCUT2D eigenvalue weighted by molar-refractivity contribution is 6.04. The first-order valence-corrected chi connectivity index (χ1v) is 8.76. The number of rotatable bonds is 8. The Morgan fingerprint density at radius 1 is 1.00 bits per heavy atom. The normalized spacial score (nSPS) is 13.7. The third-order valence-corrected chi connectivity index (χ3v) is 4.44. The van der Waals surface area contributed by atoms with Gasteiger partial charge in [0.1, 0.15) is 0 Å². The molecule has 2 heteroatoms. The van der Waals surface area contributed by atoms with Gasteiger partial charge in [-0.3, -0.25) is 0 Å². The molecule has 23 heavy (non-hydrogen) atoms. The minimum absolute atomic E-state index is 0.212. The molecule has 0 aliphatic heterocycles. The highest BCUT2D eigenvalue weighted by atomic mass is 16.5. The number of ether oxygens (including phenoxy) is 1. The van der Waals surface area contributed by atoms with Gasteiger partial charge in [-0.25, -0.2) is 4.79 Å². The summed E-state index contributed by atoms with van der Waals surface area (Å²) in [7, 11) is 0. The van der Waals surface area contributed by atoms with Crippen LogP contribution in [0.15, 0.2) is 42.5 Å². The summed E-state index contributed by atoms with van der Waals surface area (Å²) in [5, 5.41) is 2.04. The van der Waals surface area contributed by atoms with Crippen LogP contribution in [0.1, 0.15) is 56.8 Å². The van der Waals surface area contributed by atoms with E-state index in [1.54, 1.807) is 0 Å². The predicted octanol–water partition coefficient (Wildman–Crippen LogP) is 5.85. The van der Waals surface area contributed by atoms with Crippen molar-refractivity contribution in [2.75, 3.05) is 6.61 Å². The molecule has 0 radical (unpaired) electrons. The summed E-state index contributed by atoms with van der Waals surface area (Å²) in [6, 6.07) is 13.7. The first-order chi connectivity index (χ1) is 11.1. The maximum atomic E-state index is 12.3. The van der Waals surface area contributed by atoms with Gasteiger partial charge in [-0.2, -0.15) is 0 Å². The lowest BCUT2D eigenvalue weighted by atomic mass is 9.92. The molecule has 0 aliphatic rings. The highest BCUT2D eigenvalue weighted by Gasteiger charge is 2.13. The lowest BCUT2D eigenvalue weighted by molar-refractivity contribution is 0.0484. The smallest absolute Gasteiger partial charge is 0.338 e. The summed E-state index contributed by atoms with van der Waals surface area (Å²) in [4.78, 5) is 12.3. The van der Waals surface area contributed by atoms with E-state index in [2.05, 4.69) is 20.8 Å². The lowest BCUT2D eigenvalue weighted by Gasteiger charge is -2.16. The molecule has 2 aromatic rings. The van der Waals surface area contributed by atoms with Crippen molar-refractivity contribution in [3.8, 4) is 0 Å². The van der Waals surface area contributed by atoms with Crippen molar-refractivity contribution in [1.82, 2.24) is 0 Å². The molecule has 0 saturated carbocycles. The molecule has 0 bridgehead atoms. The van der Waals surface area contributed by atoms with Crippen LogP contribution in [-0.4, -0.2) is 12.6 Å². The number of carbonyl (C=O) groups excluding carboxylic acids is 1. The Morgan fingerprint density at radius 2 is 1.70 bits per heavy atom. The second kappa shape index (κ2) is 8.71. The van der Waals surface area contributed by atoms with E-state index in [1.807, 2.05) is 42.5 Å². The van der Waals surface area contributed by atoms with Crippen molar-refractivity contribution < 1.29 is 9.53 Å². The standard InChI is InChI=1S/C21H28O2/c1-4-8-16(2)15-17(3)13-14-23-21(22)20-12-7-10-18-9-5-6-11-19(18)20/h5-7,9-12,16-17H,4,8,13-15H2,1-3H3. The van der Waals surface area contributed by atoms with Crippen molar-refractivity contribution in [2.24, 2.45) is 11.8 Å². The molecule has 0 N–H and O–H groups in total. The second-order valence-corrected chi connectivity index (χ2v) is 6.69. The Labute approximate surface area is 139 Å². The summed E-state index contributed by atoms with van der Waals surface area (Å²) in [6.07, 6.45) is 4.66. The van der Waals surface area contributed by atoms with Crippen LogP contribution in [0.5, 0.6) is 0 Å². The zero-order chi connectivity index (χ0) is 16.7. The molecule has 2 rings (SSSR count). The maximum absolute atomic E-state index is 12.3. The van der Waals surface area contributed by atoms with Gasteiger partial charge in [0.25, 0.3) is 0 Å². The summed E-state index contributed by atoms with van der Waals surface area (Å²) >= 11 is 0.